The van der Waals surface area contributed by atoms with Gasteiger partial charge in [0.15, 0.2) is 11.5 Å². The number of carbonyl (C=O) groups excluding carboxylic acids is 1. The second-order valence-electron chi connectivity index (χ2n) is 4.98. The Kier molecular flexibility index (Phi) is 3.84. The Labute approximate surface area is 134 Å². The lowest BCUT2D eigenvalue weighted by Gasteiger charge is -2.12. The number of benzene rings is 1. The molecule has 0 fully saturated rings. The zero-order valence-corrected chi connectivity index (χ0v) is 12.4. The lowest BCUT2D eigenvalue weighted by molar-refractivity contribution is -0.143. The van der Waals surface area contributed by atoms with E-state index in [-0.39, 0.29) is 11.5 Å². The van der Waals surface area contributed by atoms with Crippen LogP contribution in [0.15, 0.2) is 48.8 Å². The van der Waals surface area contributed by atoms with Crippen LogP contribution in [0.5, 0.6) is 0 Å². The van der Waals surface area contributed by atoms with Gasteiger partial charge in [-0.2, -0.15) is 23.4 Å². The number of aromatic nitrogens is 4. The van der Waals surface area contributed by atoms with E-state index < -0.39 is 23.3 Å². The van der Waals surface area contributed by atoms with E-state index in [1.807, 2.05) is 0 Å². The van der Waals surface area contributed by atoms with Gasteiger partial charge in [0.2, 0.25) is 0 Å². The number of alkyl halides is 3. The lowest BCUT2D eigenvalue weighted by Crippen LogP contribution is -2.21. The Balaban J connectivity index is 2.02. The number of rotatable bonds is 3. The zero-order chi connectivity index (χ0) is 17.3. The number of carbonyl (C=O) groups is 1. The number of nitrogens with one attached hydrogen (secondary N) is 1. The van der Waals surface area contributed by atoms with Crippen molar-refractivity contribution >= 4 is 11.7 Å². The molecular formula is C15H12F3N5O. The lowest BCUT2D eigenvalue weighted by atomic mass is 10.2. The fraction of sp³-hybridized carbons (Fsp3) is 0.133. The molecule has 2 aromatic heterocycles. The Hall–Kier alpha value is -3.10. The van der Waals surface area contributed by atoms with Crippen LogP contribution in [-0.4, -0.2) is 25.5 Å². The molecule has 0 aliphatic heterocycles. The first-order chi connectivity index (χ1) is 11.4. The first-order valence-electron chi connectivity index (χ1n) is 6.88. The molecule has 124 valence electrons. The Bertz CT molecular complexity index is 867. The Morgan fingerprint density at radius 1 is 1.17 bits per heavy atom. The third-order valence-corrected chi connectivity index (χ3v) is 3.24. The zero-order valence-electron chi connectivity index (χ0n) is 12.4. The molecule has 1 aromatic carbocycles. The maximum Gasteiger partial charge on any atom is 0.434 e. The van der Waals surface area contributed by atoms with Crippen molar-refractivity contribution in [2.24, 2.45) is 7.05 Å². The highest BCUT2D eigenvalue weighted by molar-refractivity contribution is 6.04. The van der Waals surface area contributed by atoms with Crippen LogP contribution in [0.4, 0.5) is 19.0 Å². The van der Waals surface area contributed by atoms with Crippen molar-refractivity contribution in [3.05, 3.63) is 60.0 Å². The topological polar surface area (TPSA) is 64.7 Å². The summed E-state index contributed by atoms with van der Waals surface area (Å²) in [6, 6.07) is 9.28. The van der Waals surface area contributed by atoms with Gasteiger partial charge in [-0.3, -0.25) is 9.48 Å². The quantitative estimate of drug-likeness (QED) is 0.800. The molecule has 1 amide bonds. The molecular weight excluding hydrogens is 323 g/mol. The van der Waals surface area contributed by atoms with E-state index in [1.165, 1.54) is 22.9 Å². The summed E-state index contributed by atoms with van der Waals surface area (Å²) in [5.41, 5.74) is -1.50. The largest absolute Gasteiger partial charge is 0.434 e. The number of para-hydroxylation sites is 1. The summed E-state index contributed by atoms with van der Waals surface area (Å²) in [4.78, 5) is 12.2. The van der Waals surface area contributed by atoms with Crippen LogP contribution in [0.3, 0.4) is 0 Å². The first-order valence-corrected chi connectivity index (χ1v) is 6.88. The van der Waals surface area contributed by atoms with Crippen molar-refractivity contribution in [2.75, 3.05) is 5.32 Å². The molecule has 0 unspecified atom stereocenters. The highest BCUT2D eigenvalue weighted by atomic mass is 19.4. The maximum atomic E-state index is 13.5. The van der Waals surface area contributed by atoms with Crippen molar-refractivity contribution in [1.82, 2.24) is 19.6 Å². The molecule has 3 rings (SSSR count). The molecule has 9 heteroatoms. The molecule has 24 heavy (non-hydrogen) atoms. The molecule has 0 aliphatic carbocycles. The SMILES string of the molecule is Cn1ccc(NC(=O)c2cnn(-c3ccccc3)c2C(F)(F)F)n1. The summed E-state index contributed by atoms with van der Waals surface area (Å²) in [7, 11) is 1.63. The Morgan fingerprint density at radius 2 is 1.88 bits per heavy atom. The monoisotopic (exact) mass is 335 g/mol. The number of nitrogens with zero attached hydrogens (tertiary/aromatic N) is 4. The van der Waals surface area contributed by atoms with Crippen molar-refractivity contribution < 1.29 is 18.0 Å². The third kappa shape index (κ3) is 3.00. The van der Waals surface area contributed by atoms with Crippen LogP contribution in [-0.2, 0) is 13.2 Å². The summed E-state index contributed by atoms with van der Waals surface area (Å²) >= 11 is 0. The molecule has 3 aromatic rings. The summed E-state index contributed by atoms with van der Waals surface area (Å²) in [5.74, 6) is -0.772. The van der Waals surface area contributed by atoms with Gasteiger partial charge in [-0.05, 0) is 12.1 Å². The third-order valence-electron chi connectivity index (χ3n) is 3.24. The van der Waals surface area contributed by atoms with Crippen LogP contribution in [0, 0.1) is 0 Å². The van der Waals surface area contributed by atoms with Gasteiger partial charge in [0.05, 0.1) is 17.4 Å². The minimum Gasteiger partial charge on any atom is -0.305 e. The van der Waals surface area contributed by atoms with Gasteiger partial charge >= 0.3 is 6.18 Å². The highest BCUT2D eigenvalue weighted by Crippen LogP contribution is 2.33. The summed E-state index contributed by atoms with van der Waals surface area (Å²) < 4.78 is 42.5. The van der Waals surface area contributed by atoms with E-state index in [0.29, 0.717) is 4.68 Å². The van der Waals surface area contributed by atoms with Crippen molar-refractivity contribution in [3.8, 4) is 5.69 Å². The maximum absolute atomic E-state index is 13.5. The van der Waals surface area contributed by atoms with Crippen LogP contribution in [0.25, 0.3) is 5.69 Å². The molecule has 1 N–H and O–H groups in total. The molecule has 2 heterocycles. The summed E-state index contributed by atoms with van der Waals surface area (Å²) in [5, 5.41) is 9.97. The van der Waals surface area contributed by atoms with Gasteiger partial charge < -0.3 is 5.32 Å². The predicted molar refractivity (Wildman–Crippen MR) is 79.7 cm³/mol. The van der Waals surface area contributed by atoms with Gasteiger partial charge in [0.1, 0.15) is 0 Å². The fourth-order valence-corrected chi connectivity index (χ4v) is 2.22. The second kappa shape index (κ2) is 5.84. The standard InChI is InChI=1S/C15H12F3N5O/c1-22-8-7-12(21-22)20-14(24)11-9-19-23(13(11)15(16,17)18)10-5-3-2-4-6-10/h2-9H,1H3,(H,20,21,24). The second-order valence-corrected chi connectivity index (χ2v) is 4.98. The van der Waals surface area contributed by atoms with E-state index in [1.54, 1.807) is 31.4 Å². The minimum atomic E-state index is -4.75. The number of amides is 1. The number of aryl methyl sites for hydroxylation is 1. The number of hydrogen-bond donors (Lipinski definition) is 1. The molecule has 0 aliphatic rings. The van der Waals surface area contributed by atoms with Gasteiger partial charge in [0.25, 0.3) is 5.91 Å². The van der Waals surface area contributed by atoms with Gasteiger partial charge in [-0.25, -0.2) is 4.68 Å². The first kappa shape index (κ1) is 15.8. The summed E-state index contributed by atoms with van der Waals surface area (Å²) in [6.07, 6.45) is -2.29. The average Bonchev–Trinajstić information content (AvgIpc) is 3.14. The van der Waals surface area contributed by atoms with Crippen molar-refractivity contribution in [2.45, 2.75) is 6.18 Å². The van der Waals surface area contributed by atoms with Crippen molar-refractivity contribution in [1.29, 1.82) is 0 Å². The van der Waals surface area contributed by atoms with Crippen LogP contribution in [0.2, 0.25) is 0 Å². The van der Waals surface area contributed by atoms with E-state index in [2.05, 4.69) is 15.5 Å². The van der Waals surface area contributed by atoms with Gasteiger partial charge in [-0.1, -0.05) is 18.2 Å². The van der Waals surface area contributed by atoms with Gasteiger partial charge in [0, 0.05) is 19.3 Å². The molecule has 6 nitrogen and oxygen atoms in total. The van der Waals surface area contributed by atoms with Crippen LogP contribution < -0.4 is 5.32 Å². The number of hydrogen-bond acceptors (Lipinski definition) is 3. The smallest absolute Gasteiger partial charge is 0.305 e. The molecule has 0 saturated carbocycles. The number of anilines is 1. The average molecular weight is 335 g/mol. The predicted octanol–water partition coefficient (Wildman–Crippen LogP) is 2.88. The molecule has 0 saturated heterocycles. The van der Waals surface area contributed by atoms with E-state index in [0.717, 1.165) is 6.20 Å². The molecule has 0 bridgehead atoms. The highest BCUT2D eigenvalue weighted by Gasteiger charge is 2.40. The normalized spacial score (nSPS) is 11.5. The summed E-state index contributed by atoms with van der Waals surface area (Å²) in [6.45, 7) is 0. The fourth-order valence-electron chi connectivity index (χ4n) is 2.22. The van der Waals surface area contributed by atoms with Crippen LogP contribution >= 0.6 is 0 Å². The van der Waals surface area contributed by atoms with E-state index in [4.69, 9.17) is 0 Å². The van der Waals surface area contributed by atoms with Crippen molar-refractivity contribution in [3.63, 3.8) is 0 Å². The van der Waals surface area contributed by atoms with E-state index >= 15 is 0 Å². The van der Waals surface area contributed by atoms with Crippen LogP contribution in [0.1, 0.15) is 16.1 Å². The molecule has 0 radical (unpaired) electrons. The minimum absolute atomic E-state index is 0.156. The Morgan fingerprint density at radius 3 is 2.46 bits per heavy atom. The van der Waals surface area contributed by atoms with E-state index in [9.17, 15) is 18.0 Å². The van der Waals surface area contributed by atoms with Gasteiger partial charge in [-0.15, -0.1) is 0 Å². The molecule has 0 atom stereocenters. The number of halogens is 3. The molecule has 0 spiro atoms.